The second-order valence-electron chi connectivity index (χ2n) is 3.98. The van der Waals surface area contributed by atoms with Gasteiger partial charge < -0.3 is 10.1 Å². The summed E-state index contributed by atoms with van der Waals surface area (Å²) in [5.74, 6) is -0.0134. The van der Waals surface area contributed by atoms with E-state index in [4.69, 9.17) is 27.9 Å². The summed E-state index contributed by atoms with van der Waals surface area (Å²) in [6, 6.07) is 4.98. The lowest BCUT2D eigenvalue weighted by atomic mass is 10.0. The van der Waals surface area contributed by atoms with Crippen LogP contribution >= 0.6 is 23.2 Å². The lowest BCUT2D eigenvalue weighted by molar-refractivity contribution is 0.0676. The van der Waals surface area contributed by atoms with Crippen LogP contribution in [0.25, 0.3) is 0 Å². The molecule has 1 atom stereocenters. The van der Waals surface area contributed by atoms with E-state index < -0.39 is 0 Å². The van der Waals surface area contributed by atoms with E-state index >= 15 is 0 Å². The summed E-state index contributed by atoms with van der Waals surface area (Å²) in [7, 11) is 0. The van der Waals surface area contributed by atoms with E-state index in [0.717, 1.165) is 6.54 Å². The second kappa shape index (κ2) is 5.83. The highest BCUT2D eigenvalue weighted by molar-refractivity contribution is 6.35. The number of carbonyl (C=O) groups excluding carboxylic acids is 1. The van der Waals surface area contributed by atoms with Gasteiger partial charge in [0.2, 0.25) is 0 Å². The van der Waals surface area contributed by atoms with Crippen LogP contribution in [0.15, 0.2) is 18.2 Å². The number of benzene rings is 1. The predicted molar refractivity (Wildman–Crippen MR) is 68.0 cm³/mol. The number of halogens is 2. The Kier molecular flexibility index (Phi) is 4.40. The fourth-order valence-corrected chi connectivity index (χ4v) is 2.19. The van der Waals surface area contributed by atoms with Gasteiger partial charge in [0.1, 0.15) is 0 Å². The van der Waals surface area contributed by atoms with Crippen LogP contribution in [0.3, 0.4) is 0 Å². The summed E-state index contributed by atoms with van der Waals surface area (Å²) in [6.07, 6.45) is 0.375. The van der Waals surface area contributed by atoms with E-state index in [1.807, 2.05) is 0 Å². The first-order valence-corrected chi connectivity index (χ1v) is 6.22. The normalized spacial score (nSPS) is 20.2. The third-order valence-corrected chi connectivity index (χ3v) is 3.22. The molecule has 0 aromatic heterocycles. The van der Waals surface area contributed by atoms with Gasteiger partial charge in [-0.25, -0.2) is 0 Å². The first-order valence-electron chi connectivity index (χ1n) is 5.46. The van der Waals surface area contributed by atoms with Crippen molar-refractivity contribution in [2.75, 3.05) is 19.8 Å². The molecular formula is C12H13Cl2NO2. The van der Waals surface area contributed by atoms with Crippen LogP contribution in [0.5, 0.6) is 0 Å². The van der Waals surface area contributed by atoms with Crippen LogP contribution in [-0.2, 0) is 4.74 Å². The van der Waals surface area contributed by atoms with Gasteiger partial charge in [-0.15, -0.1) is 0 Å². The zero-order valence-corrected chi connectivity index (χ0v) is 10.7. The van der Waals surface area contributed by atoms with Crippen LogP contribution in [0.2, 0.25) is 10.0 Å². The molecule has 1 fully saturated rings. The molecule has 3 nitrogen and oxygen atoms in total. The quantitative estimate of drug-likeness (QED) is 0.861. The molecule has 1 saturated heterocycles. The Bertz CT molecular complexity index is 417. The third-order valence-electron chi connectivity index (χ3n) is 2.66. The molecule has 0 spiro atoms. The summed E-state index contributed by atoms with van der Waals surface area (Å²) in [4.78, 5) is 12.0. The van der Waals surface area contributed by atoms with Crippen LogP contribution in [-0.4, -0.2) is 31.6 Å². The highest BCUT2D eigenvalue weighted by Crippen LogP contribution is 2.22. The molecule has 5 heteroatoms. The Morgan fingerprint density at radius 2 is 2.29 bits per heavy atom. The number of carbonyl (C=O) groups is 1. The van der Waals surface area contributed by atoms with Crippen LogP contribution in [0, 0.1) is 0 Å². The smallest absolute Gasteiger partial charge is 0.166 e. The Balaban J connectivity index is 2.05. The largest absolute Gasteiger partial charge is 0.378 e. The van der Waals surface area contributed by atoms with E-state index in [0.29, 0.717) is 35.2 Å². The van der Waals surface area contributed by atoms with Crippen molar-refractivity contribution >= 4 is 29.0 Å². The molecule has 1 heterocycles. The van der Waals surface area contributed by atoms with Crippen molar-refractivity contribution in [2.45, 2.75) is 12.5 Å². The number of nitrogens with one attached hydrogen (secondary N) is 1. The molecule has 1 aromatic rings. The topological polar surface area (TPSA) is 38.3 Å². The van der Waals surface area contributed by atoms with Crippen molar-refractivity contribution in [1.29, 1.82) is 0 Å². The average molecular weight is 274 g/mol. The van der Waals surface area contributed by atoms with E-state index in [2.05, 4.69) is 5.32 Å². The van der Waals surface area contributed by atoms with Gasteiger partial charge in [0.05, 0.1) is 18.2 Å². The van der Waals surface area contributed by atoms with Crippen molar-refractivity contribution in [3.63, 3.8) is 0 Å². The molecule has 0 radical (unpaired) electrons. The minimum atomic E-state index is -0.0134. The molecule has 0 bridgehead atoms. The highest BCUT2D eigenvalue weighted by atomic mass is 35.5. The number of hydrogen-bond acceptors (Lipinski definition) is 3. The van der Waals surface area contributed by atoms with E-state index in [-0.39, 0.29) is 11.8 Å². The van der Waals surface area contributed by atoms with Gasteiger partial charge in [-0.2, -0.15) is 0 Å². The van der Waals surface area contributed by atoms with Crippen molar-refractivity contribution in [3.05, 3.63) is 33.8 Å². The zero-order chi connectivity index (χ0) is 12.3. The molecule has 1 aliphatic heterocycles. The van der Waals surface area contributed by atoms with Gasteiger partial charge >= 0.3 is 0 Å². The molecule has 1 aliphatic rings. The first kappa shape index (κ1) is 12.8. The monoisotopic (exact) mass is 273 g/mol. The van der Waals surface area contributed by atoms with E-state index in [1.165, 1.54) is 0 Å². The maximum atomic E-state index is 12.0. The Hall–Kier alpha value is -0.610. The number of morpholine rings is 1. The van der Waals surface area contributed by atoms with Crippen LogP contribution in [0.4, 0.5) is 0 Å². The molecule has 0 saturated carbocycles. The van der Waals surface area contributed by atoms with Gasteiger partial charge in [-0.1, -0.05) is 23.2 Å². The molecule has 17 heavy (non-hydrogen) atoms. The number of ketones is 1. The van der Waals surface area contributed by atoms with Crippen molar-refractivity contribution in [2.24, 2.45) is 0 Å². The van der Waals surface area contributed by atoms with E-state index in [9.17, 15) is 4.79 Å². The highest BCUT2D eigenvalue weighted by Gasteiger charge is 2.19. The van der Waals surface area contributed by atoms with Gasteiger partial charge in [0.25, 0.3) is 0 Å². The van der Waals surface area contributed by atoms with Gasteiger partial charge in [0, 0.05) is 29.6 Å². The molecule has 1 aromatic carbocycles. The second-order valence-corrected chi connectivity index (χ2v) is 4.82. The number of Topliss-reactive ketones (excluding diaryl/α,β-unsaturated/α-hetero) is 1. The first-order chi connectivity index (χ1) is 8.16. The SMILES string of the molecule is O=C(CC1COCCN1)c1cc(Cl)ccc1Cl. The van der Waals surface area contributed by atoms with Gasteiger partial charge in [-0.3, -0.25) is 4.79 Å². The lowest BCUT2D eigenvalue weighted by Crippen LogP contribution is -2.42. The van der Waals surface area contributed by atoms with Crippen LogP contribution in [0.1, 0.15) is 16.8 Å². The fraction of sp³-hybridized carbons (Fsp3) is 0.417. The minimum absolute atomic E-state index is 0.0134. The summed E-state index contributed by atoms with van der Waals surface area (Å²) < 4.78 is 5.30. The number of hydrogen-bond donors (Lipinski definition) is 1. The Labute approximate surface area is 110 Å². The maximum Gasteiger partial charge on any atom is 0.166 e. The third kappa shape index (κ3) is 3.42. The van der Waals surface area contributed by atoms with Crippen molar-refractivity contribution < 1.29 is 9.53 Å². The molecule has 1 unspecified atom stereocenters. The van der Waals surface area contributed by atoms with Crippen molar-refractivity contribution in [3.8, 4) is 0 Å². The fourth-order valence-electron chi connectivity index (χ4n) is 1.80. The maximum absolute atomic E-state index is 12.0. The Morgan fingerprint density at radius 1 is 1.47 bits per heavy atom. The molecule has 1 N–H and O–H groups in total. The Morgan fingerprint density at radius 3 is 3.00 bits per heavy atom. The summed E-state index contributed by atoms with van der Waals surface area (Å²) in [5, 5.41) is 4.19. The molecule has 2 rings (SSSR count). The molecule has 0 amide bonds. The lowest BCUT2D eigenvalue weighted by Gasteiger charge is -2.23. The van der Waals surface area contributed by atoms with E-state index in [1.54, 1.807) is 18.2 Å². The molecule has 0 aliphatic carbocycles. The molecule has 92 valence electrons. The number of ether oxygens (including phenoxy) is 1. The average Bonchev–Trinajstić information content (AvgIpc) is 2.33. The predicted octanol–water partition coefficient (Wildman–Crippen LogP) is 2.55. The van der Waals surface area contributed by atoms with Crippen LogP contribution < -0.4 is 5.32 Å². The van der Waals surface area contributed by atoms with Gasteiger partial charge in [0.15, 0.2) is 5.78 Å². The summed E-state index contributed by atoms with van der Waals surface area (Å²) in [5.41, 5.74) is 0.478. The molecular weight excluding hydrogens is 261 g/mol. The summed E-state index contributed by atoms with van der Waals surface area (Å²) >= 11 is 11.8. The minimum Gasteiger partial charge on any atom is -0.378 e. The van der Waals surface area contributed by atoms with Gasteiger partial charge in [-0.05, 0) is 18.2 Å². The zero-order valence-electron chi connectivity index (χ0n) is 9.21. The number of rotatable bonds is 3. The summed E-state index contributed by atoms with van der Waals surface area (Å²) in [6.45, 7) is 2.04. The standard InChI is InChI=1S/C12H13Cl2NO2/c13-8-1-2-11(14)10(5-8)12(16)6-9-7-17-4-3-15-9/h1-2,5,9,15H,3-4,6-7H2. The van der Waals surface area contributed by atoms with Crippen molar-refractivity contribution in [1.82, 2.24) is 5.32 Å².